The summed E-state index contributed by atoms with van der Waals surface area (Å²) in [6.07, 6.45) is 5.92. The zero-order valence-electron chi connectivity index (χ0n) is 29.3. The first-order valence-corrected chi connectivity index (χ1v) is 17.8. The third kappa shape index (κ3) is 6.73. The number of rotatable bonds is 11. The van der Waals surface area contributed by atoms with Crippen LogP contribution in [0.5, 0.6) is 11.5 Å². The first-order chi connectivity index (χ1) is 26.4. The number of carbonyl (C=O) groups is 2. The van der Waals surface area contributed by atoms with Gasteiger partial charge >= 0.3 is 11.9 Å². The normalized spacial score (nSPS) is 15.1. The van der Waals surface area contributed by atoms with E-state index in [1.165, 1.54) is 0 Å². The second-order valence-corrected chi connectivity index (χ2v) is 13.5. The van der Waals surface area contributed by atoms with Gasteiger partial charge in [-0.3, -0.25) is 4.79 Å². The number of aliphatic carboxylic acids is 1. The highest BCUT2D eigenvalue weighted by molar-refractivity contribution is 6.09. The number of ether oxygens (including phenoxy) is 2. The Labute approximate surface area is 312 Å². The summed E-state index contributed by atoms with van der Waals surface area (Å²) in [4.78, 5) is 24.2. The lowest BCUT2D eigenvalue weighted by atomic mass is 9.79. The van der Waals surface area contributed by atoms with E-state index in [1.807, 2.05) is 127 Å². The molecule has 7 aromatic carbocycles. The van der Waals surface area contributed by atoms with Crippen molar-refractivity contribution in [3.05, 3.63) is 187 Å². The molecular weight excluding hydrogens is 673 g/mol. The molecule has 54 heavy (non-hydrogen) atoms. The maximum absolute atomic E-state index is 12.9. The fraction of sp³-hybridized carbons (Fsp3) is 0.0833. The molecule has 2 N–H and O–H groups in total. The molecule has 264 valence electrons. The van der Waals surface area contributed by atoms with E-state index in [2.05, 4.69) is 24.3 Å². The van der Waals surface area contributed by atoms with Gasteiger partial charge in [-0.25, -0.2) is 4.79 Å². The first-order valence-electron chi connectivity index (χ1n) is 17.8. The van der Waals surface area contributed by atoms with Crippen LogP contribution >= 0.6 is 0 Å². The van der Waals surface area contributed by atoms with E-state index < -0.39 is 17.4 Å². The monoisotopic (exact) mass is 708 g/mol. The fourth-order valence-corrected chi connectivity index (χ4v) is 7.08. The van der Waals surface area contributed by atoms with Gasteiger partial charge in [-0.05, 0) is 80.1 Å². The van der Waals surface area contributed by atoms with Crippen LogP contribution in [0.3, 0.4) is 0 Å². The Morgan fingerprint density at radius 3 is 1.69 bits per heavy atom. The van der Waals surface area contributed by atoms with Crippen LogP contribution in [0.25, 0.3) is 49.4 Å². The Kier molecular flexibility index (Phi) is 9.24. The van der Waals surface area contributed by atoms with Crippen LogP contribution in [-0.4, -0.2) is 28.8 Å². The Hall–Kier alpha value is -6.92. The second-order valence-electron chi connectivity index (χ2n) is 13.5. The number of fused-ring (bicyclic) bond motifs is 2. The van der Waals surface area contributed by atoms with Crippen molar-refractivity contribution < 1.29 is 29.3 Å². The number of carboxylic acid groups (broad SMARTS) is 2. The van der Waals surface area contributed by atoms with Crippen molar-refractivity contribution in [1.29, 1.82) is 0 Å². The summed E-state index contributed by atoms with van der Waals surface area (Å²) in [6, 6.07) is 49.0. The summed E-state index contributed by atoms with van der Waals surface area (Å²) < 4.78 is 13.3. The average Bonchev–Trinajstić information content (AvgIpc) is 3.22. The maximum Gasteiger partial charge on any atom is 0.335 e. The molecule has 7 aromatic rings. The molecule has 1 atom stereocenters. The number of carboxylic acids is 2. The highest BCUT2D eigenvalue weighted by atomic mass is 16.5. The molecule has 0 bridgehead atoms. The zero-order chi connectivity index (χ0) is 37.1. The molecule has 0 fully saturated rings. The van der Waals surface area contributed by atoms with Gasteiger partial charge < -0.3 is 19.7 Å². The van der Waals surface area contributed by atoms with Gasteiger partial charge in [0.15, 0.2) is 0 Å². The predicted molar refractivity (Wildman–Crippen MR) is 214 cm³/mol. The SMILES string of the molecule is O=C(O)c1ccc(-c2ccc(COc3ccc4ccccc4c3-c3c(OCC4(C(=O)O)C=CC(c5ccccc5)=CC4)ccc4ccccc34)cc2)cc1. The summed E-state index contributed by atoms with van der Waals surface area (Å²) in [6.45, 7) is 0.239. The minimum absolute atomic E-state index is 0.0604. The smallest absolute Gasteiger partial charge is 0.335 e. The molecule has 1 aliphatic carbocycles. The highest BCUT2D eigenvalue weighted by Gasteiger charge is 2.38. The molecule has 6 heteroatoms. The van der Waals surface area contributed by atoms with Crippen LogP contribution < -0.4 is 9.47 Å². The van der Waals surface area contributed by atoms with E-state index in [4.69, 9.17) is 9.47 Å². The van der Waals surface area contributed by atoms with E-state index in [-0.39, 0.29) is 12.2 Å². The standard InChI is InChI=1S/C48H36O6/c49-46(50)39-20-18-35(19-21-39)34-16-14-32(15-17-34)30-53-42-24-22-37-10-4-6-12-40(37)44(42)45-41-13-7-5-11-38(41)23-25-43(45)54-31-48(47(51)52)28-26-36(27-29-48)33-8-2-1-3-9-33/h1-28H,29-31H2,(H,49,50)(H,51,52). The topological polar surface area (TPSA) is 93.1 Å². The first kappa shape index (κ1) is 34.2. The minimum Gasteiger partial charge on any atom is -0.491 e. The highest BCUT2D eigenvalue weighted by Crippen LogP contribution is 2.46. The maximum atomic E-state index is 12.9. The quantitative estimate of drug-likeness (QED) is 0.139. The van der Waals surface area contributed by atoms with Crippen molar-refractivity contribution in [2.24, 2.45) is 5.41 Å². The Morgan fingerprint density at radius 2 is 1.13 bits per heavy atom. The number of benzene rings is 7. The molecule has 6 nitrogen and oxygen atoms in total. The van der Waals surface area contributed by atoms with Gasteiger partial charge in [0.2, 0.25) is 0 Å². The molecule has 0 radical (unpaired) electrons. The minimum atomic E-state index is -1.25. The molecule has 1 aliphatic rings. The summed E-state index contributed by atoms with van der Waals surface area (Å²) in [7, 11) is 0. The summed E-state index contributed by atoms with van der Waals surface area (Å²) in [5.74, 6) is -0.656. The third-order valence-corrected chi connectivity index (χ3v) is 10.1. The molecule has 0 aromatic heterocycles. The largest absolute Gasteiger partial charge is 0.491 e. The van der Waals surface area contributed by atoms with Crippen LogP contribution in [0, 0.1) is 5.41 Å². The van der Waals surface area contributed by atoms with Crippen molar-refractivity contribution in [3.8, 4) is 33.8 Å². The molecule has 0 heterocycles. The summed E-state index contributed by atoms with van der Waals surface area (Å²) >= 11 is 0. The second kappa shape index (κ2) is 14.6. The van der Waals surface area contributed by atoms with Gasteiger partial charge in [-0.2, -0.15) is 0 Å². The van der Waals surface area contributed by atoms with Crippen molar-refractivity contribution >= 4 is 39.1 Å². The molecule has 0 saturated heterocycles. The van der Waals surface area contributed by atoms with E-state index in [0.29, 0.717) is 24.5 Å². The van der Waals surface area contributed by atoms with Crippen molar-refractivity contribution in [1.82, 2.24) is 0 Å². The van der Waals surface area contributed by atoms with E-state index in [0.717, 1.165) is 60.5 Å². The van der Waals surface area contributed by atoms with Gasteiger partial charge in [0.05, 0.1) is 5.56 Å². The van der Waals surface area contributed by atoms with Crippen molar-refractivity contribution in [3.63, 3.8) is 0 Å². The average molecular weight is 709 g/mol. The Morgan fingerprint density at radius 1 is 0.574 bits per heavy atom. The van der Waals surface area contributed by atoms with Crippen molar-refractivity contribution in [2.45, 2.75) is 13.0 Å². The molecule has 1 unspecified atom stereocenters. The van der Waals surface area contributed by atoms with Gasteiger partial charge in [0.25, 0.3) is 0 Å². The molecule has 0 saturated carbocycles. The molecular formula is C48H36O6. The molecule has 0 spiro atoms. The van der Waals surface area contributed by atoms with Gasteiger partial charge in [-0.15, -0.1) is 0 Å². The summed E-state index contributed by atoms with van der Waals surface area (Å²) in [5, 5.41) is 23.8. The number of allylic oxidation sites excluding steroid dienone is 3. The van der Waals surface area contributed by atoms with Crippen molar-refractivity contribution in [2.75, 3.05) is 6.61 Å². The Bertz CT molecular complexity index is 2570. The lowest BCUT2D eigenvalue weighted by Crippen LogP contribution is -2.36. The van der Waals surface area contributed by atoms with Gasteiger partial charge in [-0.1, -0.05) is 146 Å². The number of hydrogen-bond acceptors (Lipinski definition) is 4. The van der Waals surface area contributed by atoms with Crippen LogP contribution in [0.2, 0.25) is 0 Å². The zero-order valence-corrected chi connectivity index (χ0v) is 29.3. The summed E-state index contributed by atoms with van der Waals surface area (Å²) in [5.41, 5.74) is 5.58. The number of hydrogen-bond donors (Lipinski definition) is 2. The molecule has 0 aliphatic heterocycles. The van der Waals surface area contributed by atoms with Crippen LogP contribution in [0.1, 0.15) is 27.9 Å². The van der Waals surface area contributed by atoms with Gasteiger partial charge in [0.1, 0.15) is 30.1 Å². The lowest BCUT2D eigenvalue weighted by molar-refractivity contribution is -0.147. The third-order valence-electron chi connectivity index (χ3n) is 10.1. The Balaban J connectivity index is 1.14. The van der Waals surface area contributed by atoms with E-state index >= 15 is 0 Å². The van der Waals surface area contributed by atoms with E-state index in [9.17, 15) is 19.8 Å². The predicted octanol–water partition coefficient (Wildman–Crippen LogP) is 11.1. The lowest BCUT2D eigenvalue weighted by Gasteiger charge is -2.29. The van der Waals surface area contributed by atoms with E-state index in [1.54, 1.807) is 18.2 Å². The molecule has 8 rings (SSSR count). The van der Waals surface area contributed by atoms with Crippen LogP contribution in [0.15, 0.2) is 170 Å². The van der Waals surface area contributed by atoms with Gasteiger partial charge in [0, 0.05) is 11.1 Å². The van der Waals surface area contributed by atoms with Crippen LogP contribution in [-0.2, 0) is 11.4 Å². The number of aromatic carboxylic acids is 1. The molecule has 0 amide bonds. The fourth-order valence-electron chi connectivity index (χ4n) is 7.08. The van der Waals surface area contributed by atoms with Crippen LogP contribution in [0.4, 0.5) is 0 Å².